The molecule has 23 heavy (non-hydrogen) atoms. The van der Waals surface area contributed by atoms with Gasteiger partial charge in [0.2, 0.25) is 6.79 Å². The molecule has 0 radical (unpaired) electrons. The average Bonchev–Trinajstić information content (AvgIpc) is 3.04. The molecule has 1 aromatic rings. The highest BCUT2D eigenvalue weighted by atomic mass is 16.7. The number of rotatable bonds is 1. The summed E-state index contributed by atoms with van der Waals surface area (Å²) in [6.07, 6.45) is 2.36. The first kappa shape index (κ1) is 14.6. The summed E-state index contributed by atoms with van der Waals surface area (Å²) >= 11 is 0. The Balaban J connectivity index is 1.35. The maximum atomic E-state index is 12.4. The monoisotopic (exact) mass is 320 g/mol. The predicted octanol–water partition coefficient (Wildman–Crippen LogP) is 2.18. The molecule has 0 aliphatic carbocycles. The van der Waals surface area contributed by atoms with Crippen LogP contribution in [-0.4, -0.2) is 49.8 Å². The lowest BCUT2D eigenvalue weighted by molar-refractivity contribution is -0.281. The summed E-state index contributed by atoms with van der Waals surface area (Å²) in [6, 6.07) is 5.27. The number of benzene rings is 1. The Hall–Kier alpha value is -1.99. The normalized spacial score (nSPS) is 22.2. The topological polar surface area (TPSA) is 69.3 Å². The van der Waals surface area contributed by atoms with Gasteiger partial charge in [0, 0.05) is 37.7 Å². The summed E-state index contributed by atoms with van der Waals surface area (Å²) in [4.78, 5) is 14.2. The fraction of sp³-hybridized carbons (Fsp3) is 0.562. The van der Waals surface area contributed by atoms with Gasteiger partial charge in [0.05, 0.1) is 13.2 Å². The summed E-state index contributed by atoms with van der Waals surface area (Å²) in [6.45, 7) is 2.94. The lowest BCUT2D eigenvalue weighted by Gasteiger charge is -2.43. The van der Waals surface area contributed by atoms with Crippen LogP contribution >= 0.6 is 0 Å². The first-order valence-corrected chi connectivity index (χ1v) is 7.98. The Labute approximate surface area is 134 Å². The van der Waals surface area contributed by atoms with Crippen LogP contribution in [0.5, 0.6) is 11.5 Å². The van der Waals surface area contributed by atoms with Gasteiger partial charge in [-0.25, -0.2) is 4.79 Å². The summed E-state index contributed by atoms with van der Waals surface area (Å²) in [7, 11) is 0. The molecule has 2 saturated heterocycles. The Kier molecular flexibility index (Phi) is 3.74. The fourth-order valence-electron chi connectivity index (χ4n) is 3.13. The lowest BCUT2D eigenvalue weighted by atomic mass is 10.0. The highest BCUT2D eigenvalue weighted by Crippen LogP contribution is 2.35. The molecule has 7 heteroatoms. The van der Waals surface area contributed by atoms with Crippen molar-refractivity contribution in [1.82, 2.24) is 4.90 Å². The number of amides is 2. The van der Waals surface area contributed by atoms with Gasteiger partial charge in [0.15, 0.2) is 17.3 Å². The zero-order valence-electron chi connectivity index (χ0n) is 12.9. The molecule has 0 bridgehead atoms. The number of urea groups is 1. The number of ether oxygens (including phenoxy) is 4. The average molecular weight is 320 g/mol. The van der Waals surface area contributed by atoms with Crippen molar-refractivity contribution in [2.24, 2.45) is 0 Å². The Morgan fingerprint density at radius 3 is 2.61 bits per heavy atom. The van der Waals surface area contributed by atoms with Gasteiger partial charge in [-0.1, -0.05) is 0 Å². The standard InChI is InChI=1S/C16H20N2O5/c19-15(17-12-2-3-13-14(10-12)21-11-20-13)18-6-4-16(5-7-18)22-8-1-9-23-16/h2-3,10H,1,4-9,11H2,(H,17,19). The number of likely N-dealkylation sites (tertiary alicyclic amines) is 1. The number of hydrogen-bond acceptors (Lipinski definition) is 5. The van der Waals surface area contributed by atoms with Crippen molar-refractivity contribution >= 4 is 11.7 Å². The minimum Gasteiger partial charge on any atom is -0.454 e. The van der Waals surface area contributed by atoms with E-state index in [2.05, 4.69) is 5.32 Å². The number of piperidine rings is 1. The summed E-state index contributed by atoms with van der Waals surface area (Å²) in [5, 5.41) is 2.90. The van der Waals surface area contributed by atoms with Gasteiger partial charge in [0.1, 0.15) is 0 Å². The van der Waals surface area contributed by atoms with Crippen molar-refractivity contribution in [2.75, 3.05) is 38.4 Å². The van der Waals surface area contributed by atoms with Crippen LogP contribution in [0.3, 0.4) is 0 Å². The quantitative estimate of drug-likeness (QED) is 0.859. The number of nitrogens with one attached hydrogen (secondary N) is 1. The molecular weight excluding hydrogens is 300 g/mol. The molecule has 0 aromatic heterocycles. The molecule has 2 fully saturated rings. The van der Waals surface area contributed by atoms with Gasteiger partial charge in [-0.05, 0) is 18.6 Å². The van der Waals surface area contributed by atoms with Gasteiger partial charge in [-0.3, -0.25) is 0 Å². The maximum Gasteiger partial charge on any atom is 0.321 e. The van der Waals surface area contributed by atoms with Gasteiger partial charge in [-0.15, -0.1) is 0 Å². The van der Waals surface area contributed by atoms with E-state index in [9.17, 15) is 4.79 Å². The first-order chi connectivity index (χ1) is 11.2. The third-order valence-electron chi connectivity index (χ3n) is 4.46. The van der Waals surface area contributed by atoms with Gasteiger partial charge >= 0.3 is 6.03 Å². The molecule has 124 valence electrons. The van der Waals surface area contributed by atoms with Crippen LogP contribution in [0.2, 0.25) is 0 Å². The van der Waals surface area contributed by atoms with E-state index < -0.39 is 5.79 Å². The van der Waals surface area contributed by atoms with Crippen molar-refractivity contribution in [3.05, 3.63) is 18.2 Å². The van der Waals surface area contributed by atoms with Crippen LogP contribution in [-0.2, 0) is 9.47 Å². The molecule has 0 unspecified atom stereocenters. The van der Waals surface area contributed by atoms with Crippen LogP contribution in [0.15, 0.2) is 18.2 Å². The second kappa shape index (κ2) is 5.90. The van der Waals surface area contributed by atoms with Crippen molar-refractivity contribution in [3.8, 4) is 11.5 Å². The highest BCUT2D eigenvalue weighted by Gasteiger charge is 2.39. The van der Waals surface area contributed by atoms with E-state index in [0.29, 0.717) is 43.1 Å². The van der Waals surface area contributed by atoms with E-state index in [-0.39, 0.29) is 12.8 Å². The zero-order chi connectivity index (χ0) is 15.7. The molecule has 2 amide bonds. The molecule has 1 N–H and O–H groups in total. The summed E-state index contributed by atoms with van der Waals surface area (Å²) < 4.78 is 22.2. The highest BCUT2D eigenvalue weighted by molar-refractivity contribution is 5.89. The van der Waals surface area contributed by atoms with Gasteiger partial charge in [-0.2, -0.15) is 0 Å². The second-order valence-corrected chi connectivity index (χ2v) is 5.95. The number of hydrogen-bond donors (Lipinski definition) is 1. The second-order valence-electron chi connectivity index (χ2n) is 5.95. The molecule has 0 saturated carbocycles. The Morgan fingerprint density at radius 2 is 1.83 bits per heavy atom. The maximum absolute atomic E-state index is 12.4. The number of carbonyl (C=O) groups excluding carboxylic acids is 1. The van der Waals surface area contributed by atoms with Crippen molar-refractivity contribution in [1.29, 1.82) is 0 Å². The Morgan fingerprint density at radius 1 is 1.09 bits per heavy atom. The third-order valence-corrected chi connectivity index (χ3v) is 4.46. The SMILES string of the molecule is O=C(Nc1ccc2c(c1)OCO2)N1CCC2(CC1)OCCCO2. The smallest absolute Gasteiger partial charge is 0.321 e. The fourth-order valence-corrected chi connectivity index (χ4v) is 3.13. The number of fused-ring (bicyclic) bond motifs is 1. The molecule has 1 spiro atoms. The van der Waals surface area contributed by atoms with Crippen LogP contribution in [0.1, 0.15) is 19.3 Å². The van der Waals surface area contributed by atoms with E-state index in [4.69, 9.17) is 18.9 Å². The van der Waals surface area contributed by atoms with E-state index >= 15 is 0 Å². The molecule has 3 aliphatic heterocycles. The van der Waals surface area contributed by atoms with Crippen molar-refractivity contribution < 1.29 is 23.7 Å². The van der Waals surface area contributed by atoms with Gasteiger partial charge in [0.25, 0.3) is 0 Å². The largest absolute Gasteiger partial charge is 0.454 e. The Bertz CT molecular complexity index is 590. The number of nitrogens with zero attached hydrogens (tertiary/aromatic N) is 1. The zero-order valence-corrected chi connectivity index (χ0v) is 12.9. The number of anilines is 1. The molecule has 3 aliphatic rings. The predicted molar refractivity (Wildman–Crippen MR) is 81.6 cm³/mol. The van der Waals surface area contributed by atoms with Gasteiger partial charge < -0.3 is 29.2 Å². The van der Waals surface area contributed by atoms with Crippen LogP contribution in [0, 0.1) is 0 Å². The molecule has 4 rings (SSSR count). The van der Waals surface area contributed by atoms with Crippen molar-refractivity contribution in [3.63, 3.8) is 0 Å². The molecule has 3 heterocycles. The van der Waals surface area contributed by atoms with E-state index in [1.807, 2.05) is 6.07 Å². The molecule has 0 atom stereocenters. The first-order valence-electron chi connectivity index (χ1n) is 7.98. The summed E-state index contributed by atoms with van der Waals surface area (Å²) in [5.41, 5.74) is 0.699. The van der Waals surface area contributed by atoms with E-state index in [1.54, 1.807) is 17.0 Å². The lowest BCUT2D eigenvalue weighted by Crippen LogP contribution is -2.52. The molecule has 7 nitrogen and oxygen atoms in total. The third kappa shape index (κ3) is 2.94. The van der Waals surface area contributed by atoms with E-state index in [1.165, 1.54) is 0 Å². The molecular formula is C16H20N2O5. The van der Waals surface area contributed by atoms with E-state index in [0.717, 1.165) is 19.6 Å². The van der Waals surface area contributed by atoms with Crippen LogP contribution in [0.4, 0.5) is 10.5 Å². The molecule has 1 aromatic carbocycles. The number of carbonyl (C=O) groups is 1. The van der Waals surface area contributed by atoms with Crippen LogP contribution < -0.4 is 14.8 Å². The summed E-state index contributed by atoms with van der Waals surface area (Å²) in [5.74, 6) is 0.882. The minimum atomic E-state index is -0.478. The van der Waals surface area contributed by atoms with Crippen LogP contribution in [0.25, 0.3) is 0 Å². The van der Waals surface area contributed by atoms with Crippen molar-refractivity contribution in [2.45, 2.75) is 25.0 Å². The minimum absolute atomic E-state index is 0.116.